The number of carbonyl (C=O) groups excluding carboxylic acids is 1. The monoisotopic (exact) mass is 291 g/mol. The van der Waals surface area contributed by atoms with Crippen LogP contribution in [0, 0.1) is 0 Å². The van der Waals surface area contributed by atoms with E-state index in [1.165, 1.54) is 4.72 Å². The number of morpholine rings is 1. The summed E-state index contributed by atoms with van der Waals surface area (Å²) in [6.07, 6.45) is 0. The third-order valence-corrected chi connectivity index (χ3v) is 3.66. The van der Waals surface area contributed by atoms with Crippen molar-refractivity contribution in [1.29, 1.82) is 0 Å². The Hall–Kier alpha value is -0.980. The van der Waals surface area contributed by atoms with Crippen molar-refractivity contribution in [3.05, 3.63) is 0 Å². The van der Waals surface area contributed by atoms with Gasteiger partial charge < -0.3 is 4.74 Å². The maximum absolute atomic E-state index is 12.0. The van der Waals surface area contributed by atoms with E-state index in [0.29, 0.717) is 0 Å². The van der Waals surface area contributed by atoms with Gasteiger partial charge in [-0.2, -0.15) is 21.1 Å². The Labute approximate surface area is 97.4 Å². The quantitative estimate of drug-likeness (QED) is 0.584. The van der Waals surface area contributed by atoms with Crippen molar-refractivity contribution in [2.24, 2.45) is 0 Å². The Morgan fingerprint density at radius 3 is 2.12 bits per heavy atom. The van der Waals surface area contributed by atoms with E-state index in [1.807, 2.05) is 0 Å². The van der Waals surface area contributed by atoms with Gasteiger partial charge in [0, 0.05) is 13.1 Å². The number of carbonyl (C=O) groups is 1. The molecule has 0 radical (unpaired) electrons. The molecule has 2 N–H and O–H groups in total. The summed E-state index contributed by atoms with van der Waals surface area (Å²) in [5.74, 6) is 0. The van der Waals surface area contributed by atoms with E-state index in [-0.39, 0.29) is 26.3 Å². The summed E-state index contributed by atoms with van der Waals surface area (Å²) in [6, 6.07) is -1.68. The summed E-state index contributed by atoms with van der Waals surface area (Å²) < 4.78 is 63.0. The minimum atomic E-state index is -5.30. The molecule has 0 unspecified atom stereocenters. The zero-order valence-electron chi connectivity index (χ0n) is 8.42. The average molecular weight is 291 g/mol. The third kappa shape index (κ3) is 4.80. The van der Waals surface area contributed by atoms with E-state index in [1.54, 1.807) is 0 Å². The normalized spacial score (nSPS) is 18.6. The molecule has 1 saturated heterocycles. The van der Waals surface area contributed by atoms with E-state index in [9.17, 15) is 25.5 Å². The number of nitrogens with one attached hydrogen (secondary N) is 2. The molecule has 1 heterocycles. The van der Waals surface area contributed by atoms with Crippen molar-refractivity contribution in [3.63, 3.8) is 0 Å². The Balaban J connectivity index is 2.63. The number of nitrogens with zero attached hydrogens (tertiary/aromatic N) is 1. The van der Waals surface area contributed by atoms with Gasteiger partial charge in [0.2, 0.25) is 0 Å². The number of amides is 2. The smallest absolute Gasteiger partial charge is 0.379 e. The molecule has 2 amide bonds. The maximum atomic E-state index is 12.0. The van der Waals surface area contributed by atoms with E-state index >= 15 is 0 Å². The lowest BCUT2D eigenvalue weighted by Crippen LogP contribution is -2.51. The second kappa shape index (κ2) is 5.12. The molecule has 0 saturated carbocycles. The summed E-state index contributed by atoms with van der Waals surface area (Å²) >= 11 is 0. The zero-order valence-corrected chi connectivity index (χ0v) is 10.1. The molecule has 0 aromatic heterocycles. The predicted molar refractivity (Wildman–Crippen MR) is 53.0 cm³/mol. The summed E-state index contributed by atoms with van der Waals surface area (Å²) in [5, 5.41) is 0. The van der Waals surface area contributed by atoms with Crippen LogP contribution < -0.4 is 9.44 Å². The summed E-state index contributed by atoms with van der Waals surface area (Å²) in [5.41, 5.74) is 0. The Bertz CT molecular complexity index is 482. The highest BCUT2D eigenvalue weighted by Gasteiger charge is 2.27. The maximum Gasteiger partial charge on any atom is 0.400 e. The van der Waals surface area contributed by atoms with Gasteiger partial charge in [-0.05, 0) is 0 Å². The highest BCUT2D eigenvalue weighted by Crippen LogP contribution is 2.02. The van der Waals surface area contributed by atoms with Crippen LogP contribution in [-0.4, -0.2) is 53.5 Å². The molecule has 0 spiro atoms. The molecular formula is C5H10FN3O6S2. The van der Waals surface area contributed by atoms with Crippen molar-refractivity contribution >= 4 is 26.6 Å². The van der Waals surface area contributed by atoms with Crippen LogP contribution >= 0.6 is 0 Å². The lowest BCUT2D eigenvalue weighted by Gasteiger charge is -2.25. The average Bonchev–Trinajstić information content (AvgIpc) is 2.15. The van der Waals surface area contributed by atoms with Crippen molar-refractivity contribution < 1.29 is 30.3 Å². The van der Waals surface area contributed by atoms with Crippen LogP contribution in [0.1, 0.15) is 0 Å². The van der Waals surface area contributed by atoms with Gasteiger partial charge in [-0.3, -0.25) is 0 Å². The van der Waals surface area contributed by atoms with Crippen LogP contribution in [0.5, 0.6) is 0 Å². The predicted octanol–water partition coefficient (Wildman–Crippen LogP) is -1.92. The van der Waals surface area contributed by atoms with E-state index in [4.69, 9.17) is 4.74 Å². The topological polar surface area (TPSA) is 122 Å². The number of urea groups is 1. The number of ether oxygens (including phenoxy) is 1. The summed E-state index contributed by atoms with van der Waals surface area (Å²) in [7, 11) is -9.49. The van der Waals surface area contributed by atoms with Crippen LogP contribution in [0.15, 0.2) is 0 Å². The van der Waals surface area contributed by atoms with Crippen LogP contribution in [0.3, 0.4) is 0 Å². The Morgan fingerprint density at radius 2 is 1.65 bits per heavy atom. The molecule has 0 aromatic rings. The summed E-state index contributed by atoms with van der Waals surface area (Å²) in [4.78, 5) is 10.8. The van der Waals surface area contributed by atoms with E-state index in [2.05, 4.69) is 0 Å². The minimum absolute atomic E-state index is 0.0188. The molecule has 1 rings (SSSR count). The first-order valence-corrected chi connectivity index (χ1v) is 7.15. The molecule has 0 atom stereocenters. The second-order valence-corrected chi connectivity index (χ2v) is 5.74. The van der Waals surface area contributed by atoms with Gasteiger partial charge >= 0.3 is 26.6 Å². The van der Waals surface area contributed by atoms with Crippen molar-refractivity contribution in [3.8, 4) is 0 Å². The summed E-state index contributed by atoms with van der Waals surface area (Å²) in [6.45, 7) is 0.351. The zero-order chi connectivity index (χ0) is 13.1. The van der Waals surface area contributed by atoms with Gasteiger partial charge in [0.15, 0.2) is 0 Å². The molecule has 17 heavy (non-hydrogen) atoms. The van der Waals surface area contributed by atoms with Crippen molar-refractivity contribution in [2.45, 2.75) is 0 Å². The van der Waals surface area contributed by atoms with Gasteiger partial charge in [-0.25, -0.2) is 14.2 Å². The molecule has 1 aliphatic rings. The fourth-order valence-electron chi connectivity index (χ4n) is 1.10. The van der Waals surface area contributed by atoms with Crippen LogP contribution in [0.4, 0.5) is 8.68 Å². The van der Waals surface area contributed by atoms with Gasteiger partial charge in [-0.15, -0.1) is 0 Å². The standard InChI is InChI=1S/C5H10FN3O6S2/c6-16(11,12)7-5(10)8-17(13,14)9-1-3-15-4-2-9/h1-4H2,(H2,7,8,10). The highest BCUT2D eigenvalue weighted by molar-refractivity contribution is 7.88. The molecule has 0 aliphatic carbocycles. The molecule has 0 aromatic carbocycles. The van der Waals surface area contributed by atoms with Gasteiger partial charge in [0.25, 0.3) is 0 Å². The van der Waals surface area contributed by atoms with Gasteiger partial charge in [0.1, 0.15) is 0 Å². The Morgan fingerprint density at radius 1 is 1.12 bits per heavy atom. The molecule has 1 fully saturated rings. The molecule has 1 aliphatic heterocycles. The fraction of sp³-hybridized carbons (Fsp3) is 0.800. The fourth-order valence-corrected chi connectivity index (χ4v) is 2.48. The van der Waals surface area contributed by atoms with Crippen LogP contribution in [-0.2, 0) is 25.4 Å². The van der Waals surface area contributed by atoms with Crippen LogP contribution in [0.2, 0.25) is 0 Å². The molecule has 12 heteroatoms. The minimum Gasteiger partial charge on any atom is -0.379 e. The third-order valence-electron chi connectivity index (χ3n) is 1.75. The van der Waals surface area contributed by atoms with E-state index in [0.717, 1.165) is 9.03 Å². The molecule has 100 valence electrons. The largest absolute Gasteiger partial charge is 0.400 e. The lowest BCUT2D eigenvalue weighted by atomic mass is 10.5. The van der Waals surface area contributed by atoms with Gasteiger partial charge in [-0.1, -0.05) is 3.89 Å². The SMILES string of the molecule is O=C(NS(=O)(=O)F)NS(=O)(=O)N1CCOCC1. The van der Waals surface area contributed by atoms with Crippen molar-refractivity contribution in [1.82, 2.24) is 13.7 Å². The van der Waals surface area contributed by atoms with Crippen LogP contribution in [0.25, 0.3) is 0 Å². The number of hydrogen-bond donors (Lipinski definition) is 2. The highest BCUT2D eigenvalue weighted by atomic mass is 32.3. The molecular weight excluding hydrogens is 281 g/mol. The Kier molecular flexibility index (Phi) is 4.24. The van der Waals surface area contributed by atoms with Crippen molar-refractivity contribution in [2.75, 3.05) is 26.3 Å². The number of halogens is 1. The molecule has 9 nitrogen and oxygen atoms in total. The molecule has 0 bridgehead atoms. The lowest BCUT2D eigenvalue weighted by molar-refractivity contribution is 0.0726. The number of hydrogen-bond acceptors (Lipinski definition) is 6. The first kappa shape index (κ1) is 14.1. The first-order chi connectivity index (χ1) is 7.71. The van der Waals surface area contributed by atoms with Gasteiger partial charge in [0.05, 0.1) is 13.2 Å². The number of rotatable bonds is 3. The van der Waals surface area contributed by atoms with E-state index < -0.39 is 26.6 Å². The first-order valence-electron chi connectivity index (χ1n) is 4.33. The second-order valence-electron chi connectivity index (χ2n) is 2.99.